The minimum atomic E-state index is -0.303. The summed E-state index contributed by atoms with van der Waals surface area (Å²) in [6, 6.07) is 16.2. The second-order valence-electron chi connectivity index (χ2n) is 6.00. The largest absolute Gasteiger partial charge is 0.497 e. The minimum absolute atomic E-state index is 0.303. The van der Waals surface area contributed by atoms with Gasteiger partial charge in [0, 0.05) is 12.6 Å². The van der Waals surface area contributed by atoms with Gasteiger partial charge in [-0.1, -0.05) is 24.3 Å². The SMILES string of the molecule is COC(=O)c1ccc(CN(C)C(C)Cc2ccc(OC)cc2)cc1. The first kappa shape index (κ1) is 18.0. The molecule has 2 aromatic rings. The molecule has 0 fully saturated rings. The smallest absolute Gasteiger partial charge is 0.337 e. The van der Waals surface area contributed by atoms with E-state index in [1.165, 1.54) is 18.2 Å². The van der Waals surface area contributed by atoms with E-state index in [0.29, 0.717) is 11.6 Å². The van der Waals surface area contributed by atoms with E-state index in [4.69, 9.17) is 9.47 Å². The molecule has 1 atom stereocenters. The number of nitrogens with zero attached hydrogens (tertiary/aromatic N) is 1. The molecule has 4 nitrogen and oxygen atoms in total. The van der Waals surface area contributed by atoms with Crippen LogP contribution in [0.5, 0.6) is 5.75 Å². The molecule has 0 amide bonds. The third-order valence-electron chi connectivity index (χ3n) is 4.25. The molecule has 0 saturated heterocycles. The predicted molar refractivity (Wildman–Crippen MR) is 95.4 cm³/mol. The monoisotopic (exact) mass is 327 g/mol. The molecular formula is C20H25NO3. The van der Waals surface area contributed by atoms with Crippen molar-refractivity contribution in [2.24, 2.45) is 0 Å². The number of carbonyl (C=O) groups excluding carboxylic acids is 1. The van der Waals surface area contributed by atoms with Gasteiger partial charge in [0.05, 0.1) is 19.8 Å². The van der Waals surface area contributed by atoms with Gasteiger partial charge in [-0.3, -0.25) is 4.90 Å². The molecule has 0 spiro atoms. The summed E-state index contributed by atoms with van der Waals surface area (Å²) >= 11 is 0. The average Bonchev–Trinajstić information content (AvgIpc) is 2.62. The Kier molecular flexibility index (Phi) is 6.38. The fraction of sp³-hybridized carbons (Fsp3) is 0.350. The zero-order valence-corrected chi connectivity index (χ0v) is 14.8. The van der Waals surface area contributed by atoms with Crippen molar-refractivity contribution < 1.29 is 14.3 Å². The Morgan fingerprint density at radius 1 is 1.00 bits per heavy atom. The number of rotatable bonds is 7. The maximum Gasteiger partial charge on any atom is 0.337 e. The second kappa shape index (κ2) is 8.50. The van der Waals surface area contributed by atoms with Crippen LogP contribution in [0.2, 0.25) is 0 Å². The highest BCUT2D eigenvalue weighted by Crippen LogP contribution is 2.15. The Labute approximate surface area is 144 Å². The highest BCUT2D eigenvalue weighted by Gasteiger charge is 2.11. The summed E-state index contributed by atoms with van der Waals surface area (Å²) in [5, 5.41) is 0. The van der Waals surface area contributed by atoms with Gasteiger partial charge in [-0.15, -0.1) is 0 Å². The lowest BCUT2D eigenvalue weighted by atomic mass is 10.1. The molecule has 4 heteroatoms. The van der Waals surface area contributed by atoms with Crippen LogP contribution in [0.3, 0.4) is 0 Å². The van der Waals surface area contributed by atoms with Crippen LogP contribution < -0.4 is 4.74 Å². The molecule has 2 aromatic carbocycles. The lowest BCUT2D eigenvalue weighted by Crippen LogP contribution is -2.30. The van der Waals surface area contributed by atoms with Gasteiger partial charge < -0.3 is 9.47 Å². The van der Waals surface area contributed by atoms with Gasteiger partial charge in [0.25, 0.3) is 0 Å². The van der Waals surface area contributed by atoms with Crippen LogP contribution >= 0.6 is 0 Å². The van der Waals surface area contributed by atoms with E-state index in [1.54, 1.807) is 7.11 Å². The molecule has 0 radical (unpaired) electrons. The van der Waals surface area contributed by atoms with E-state index in [2.05, 4.69) is 31.0 Å². The van der Waals surface area contributed by atoms with Gasteiger partial charge in [0.1, 0.15) is 5.75 Å². The summed E-state index contributed by atoms with van der Waals surface area (Å²) in [6.07, 6.45) is 0.973. The van der Waals surface area contributed by atoms with Crippen molar-refractivity contribution in [2.45, 2.75) is 25.9 Å². The molecule has 0 heterocycles. The zero-order valence-electron chi connectivity index (χ0n) is 14.8. The van der Waals surface area contributed by atoms with Crippen LogP contribution in [0.15, 0.2) is 48.5 Å². The maximum atomic E-state index is 11.5. The number of esters is 1. The molecule has 0 bridgehead atoms. The maximum absolute atomic E-state index is 11.5. The first-order chi connectivity index (χ1) is 11.5. The first-order valence-corrected chi connectivity index (χ1v) is 8.04. The van der Waals surface area contributed by atoms with Gasteiger partial charge in [0.2, 0.25) is 0 Å². The molecule has 0 N–H and O–H groups in total. The third-order valence-corrected chi connectivity index (χ3v) is 4.25. The predicted octanol–water partition coefficient (Wildman–Crippen LogP) is 3.54. The van der Waals surface area contributed by atoms with Gasteiger partial charge in [-0.05, 0) is 55.8 Å². The van der Waals surface area contributed by atoms with Gasteiger partial charge >= 0.3 is 5.97 Å². The molecule has 128 valence electrons. The zero-order chi connectivity index (χ0) is 17.5. The average molecular weight is 327 g/mol. The van der Waals surface area contributed by atoms with E-state index in [1.807, 2.05) is 36.4 Å². The molecule has 1 unspecified atom stereocenters. The number of carbonyl (C=O) groups is 1. The normalized spacial score (nSPS) is 12.0. The second-order valence-corrected chi connectivity index (χ2v) is 6.00. The number of benzene rings is 2. The summed E-state index contributed by atoms with van der Waals surface area (Å²) in [5.41, 5.74) is 3.04. The van der Waals surface area contributed by atoms with Crippen molar-refractivity contribution in [3.63, 3.8) is 0 Å². The van der Waals surface area contributed by atoms with Crippen molar-refractivity contribution in [1.82, 2.24) is 4.90 Å². The first-order valence-electron chi connectivity index (χ1n) is 8.04. The van der Waals surface area contributed by atoms with Gasteiger partial charge in [-0.25, -0.2) is 4.79 Å². The molecule has 0 aliphatic heterocycles. The van der Waals surface area contributed by atoms with E-state index in [-0.39, 0.29) is 5.97 Å². The Morgan fingerprint density at radius 3 is 2.12 bits per heavy atom. The van der Waals surface area contributed by atoms with Crippen molar-refractivity contribution in [3.8, 4) is 5.75 Å². The van der Waals surface area contributed by atoms with E-state index < -0.39 is 0 Å². The fourth-order valence-electron chi connectivity index (χ4n) is 2.57. The highest BCUT2D eigenvalue weighted by molar-refractivity contribution is 5.89. The lowest BCUT2D eigenvalue weighted by molar-refractivity contribution is 0.0600. The van der Waals surface area contributed by atoms with Crippen LogP contribution in [0.25, 0.3) is 0 Å². The van der Waals surface area contributed by atoms with Gasteiger partial charge in [0.15, 0.2) is 0 Å². The topological polar surface area (TPSA) is 38.8 Å². The standard InChI is InChI=1S/C20H25NO3/c1-15(13-16-7-11-19(23-3)12-8-16)21(2)14-17-5-9-18(10-6-17)20(22)24-4/h5-12,15H,13-14H2,1-4H3. The van der Waals surface area contributed by atoms with Gasteiger partial charge in [-0.2, -0.15) is 0 Å². The summed E-state index contributed by atoms with van der Waals surface area (Å²) in [4.78, 5) is 13.8. The van der Waals surface area contributed by atoms with Crippen LogP contribution in [-0.4, -0.2) is 38.2 Å². The van der Waals surface area contributed by atoms with Crippen molar-refractivity contribution in [2.75, 3.05) is 21.3 Å². The van der Waals surface area contributed by atoms with Crippen LogP contribution in [-0.2, 0) is 17.7 Å². The lowest BCUT2D eigenvalue weighted by Gasteiger charge is -2.25. The van der Waals surface area contributed by atoms with E-state index in [0.717, 1.165) is 18.7 Å². The number of likely N-dealkylation sites (N-methyl/N-ethyl adjacent to an activating group) is 1. The summed E-state index contributed by atoms with van der Waals surface area (Å²) in [6.45, 7) is 3.05. The molecule has 0 aliphatic carbocycles. The Hall–Kier alpha value is -2.33. The quantitative estimate of drug-likeness (QED) is 0.729. The number of hydrogen-bond donors (Lipinski definition) is 0. The molecule has 24 heavy (non-hydrogen) atoms. The molecule has 0 saturated carbocycles. The van der Waals surface area contributed by atoms with Crippen LogP contribution in [0.4, 0.5) is 0 Å². The van der Waals surface area contributed by atoms with Crippen molar-refractivity contribution in [3.05, 3.63) is 65.2 Å². The fourth-order valence-corrected chi connectivity index (χ4v) is 2.57. The van der Waals surface area contributed by atoms with Crippen molar-refractivity contribution in [1.29, 1.82) is 0 Å². The summed E-state index contributed by atoms with van der Waals surface area (Å²) < 4.78 is 9.91. The summed E-state index contributed by atoms with van der Waals surface area (Å²) in [5.74, 6) is 0.577. The molecule has 0 aliphatic rings. The number of ether oxygens (including phenoxy) is 2. The number of methoxy groups -OCH3 is 2. The van der Waals surface area contributed by atoms with Crippen LogP contribution in [0, 0.1) is 0 Å². The number of hydrogen-bond acceptors (Lipinski definition) is 4. The Bertz CT molecular complexity index is 650. The Balaban J connectivity index is 1.92. The van der Waals surface area contributed by atoms with E-state index in [9.17, 15) is 4.79 Å². The van der Waals surface area contributed by atoms with Crippen LogP contribution in [0.1, 0.15) is 28.4 Å². The Morgan fingerprint density at radius 2 is 1.58 bits per heavy atom. The molecular weight excluding hydrogens is 302 g/mol. The van der Waals surface area contributed by atoms with E-state index >= 15 is 0 Å². The van der Waals surface area contributed by atoms with Crippen molar-refractivity contribution >= 4 is 5.97 Å². The molecule has 2 rings (SSSR count). The highest BCUT2D eigenvalue weighted by atomic mass is 16.5. The minimum Gasteiger partial charge on any atom is -0.497 e. The third kappa shape index (κ3) is 4.83. The molecule has 0 aromatic heterocycles. The summed E-state index contributed by atoms with van der Waals surface area (Å²) in [7, 11) is 5.18.